The SMILES string of the molecule is C=CCCCCCN(C)C(=NC)NCc1cccc(NC(=O)CCN2CCOCC2)c1. The number of rotatable bonds is 12. The molecule has 0 unspecified atom stereocenters. The summed E-state index contributed by atoms with van der Waals surface area (Å²) in [6, 6.07) is 7.97. The normalized spacial score (nSPS) is 14.8. The van der Waals surface area contributed by atoms with E-state index in [0.717, 1.165) is 69.4 Å². The predicted octanol–water partition coefficient (Wildman–Crippen LogP) is 3.10. The molecule has 1 aromatic rings. The molecule has 0 radical (unpaired) electrons. The number of benzene rings is 1. The highest BCUT2D eigenvalue weighted by atomic mass is 16.5. The fourth-order valence-corrected chi connectivity index (χ4v) is 3.55. The van der Waals surface area contributed by atoms with Crippen LogP contribution in [-0.2, 0) is 16.1 Å². The Kier molecular flexibility index (Phi) is 11.7. The van der Waals surface area contributed by atoms with Crippen molar-refractivity contribution in [1.82, 2.24) is 15.1 Å². The number of allylic oxidation sites excluding steroid dienone is 1. The topological polar surface area (TPSA) is 69.2 Å². The van der Waals surface area contributed by atoms with Crippen LogP contribution < -0.4 is 10.6 Å². The molecule has 0 aliphatic carbocycles. The minimum atomic E-state index is 0.0450. The largest absolute Gasteiger partial charge is 0.379 e. The van der Waals surface area contributed by atoms with Gasteiger partial charge in [0.15, 0.2) is 5.96 Å². The second-order valence-electron chi connectivity index (χ2n) is 7.91. The van der Waals surface area contributed by atoms with Crippen LogP contribution in [-0.4, -0.2) is 75.2 Å². The molecular weight excluding hydrogens is 390 g/mol. The Morgan fingerprint density at radius 1 is 1.29 bits per heavy atom. The van der Waals surface area contributed by atoms with Crippen LogP contribution in [0.1, 0.15) is 37.7 Å². The highest BCUT2D eigenvalue weighted by molar-refractivity contribution is 5.90. The van der Waals surface area contributed by atoms with Gasteiger partial charge < -0.3 is 20.3 Å². The number of morpholine rings is 1. The number of nitrogens with zero attached hydrogens (tertiary/aromatic N) is 3. The van der Waals surface area contributed by atoms with Crippen molar-refractivity contribution in [3.8, 4) is 0 Å². The maximum atomic E-state index is 12.3. The van der Waals surface area contributed by atoms with Gasteiger partial charge in [0.2, 0.25) is 5.91 Å². The summed E-state index contributed by atoms with van der Waals surface area (Å²) in [4.78, 5) is 21.1. The molecule has 1 aliphatic rings. The zero-order valence-electron chi connectivity index (χ0n) is 19.2. The van der Waals surface area contributed by atoms with E-state index in [1.165, 1.54) is 12.8 Å². The van der Waals surface area contributed by atoms with E-state index in [0.29, 0.717) is 13.0 Å². The number of aliphatic imine (C=N–C) groups is 1. The third-order valence-corrected chi connectivity index (χ3v) is 5.40. The highest BCUT2D eigenvalue weighted by Crippen LogP contribution is 2.11. The summed E-state index contributed by atoms with van der Waals surface area (Å²) >= 11 is 0. The van der Waals surface area contributed by atoms with Gasteiger partial charge in [-0.25, -0.2) is 0 Å². The second kappa shape index (κ2) is 14.6. The number of carbonyl (C=O) groups excluding carboxylic acids is 1. The fraction of sp³-hybridized carbons (Fsp3) is 0.583. The number of carbonyl (C=O) groups is 1. The van der Waals surface area contributed by atoms with E-state index in [-0.39, 0.29) is 5.91 Å². The Balaban J connectivity index is 1.74. The van der Waals surface area contributed by atoms with Gasteiger partial charge in [0.25, 0.3) is 0 Å². The third-order valence-electron chi connectivity index (χ3n) is 5.40. The Morgan fingerprint density at radius 2 is 2.10 bits per heavy atom. The first-order valence-electron chi connectivity index (χ1n) is 11.3. The summed E-state index contributed by atoms with van der Waals surface area (Å²) in [5, 5.41) is 6.43. The number of nitrogens with one attached hydrogen (secondary N) is 2. The first kappa shape index (κ1) is 24.9. The zero-order valence-corrected chi connectivity index (χ0v) is 19.2. The molecule has 31 heavy (non-hydrogen) atoms. The first-order valence-corrected chi connectivity index (χ1v) is 11.3. The molecule has 1 heterocycles. The van der Waals surface area contributed by atoms with Crippen LogP contribution in [0.2, 0.25) is 0 Å². The Morgan fingerprint density at radius 3 is 2.84 bits per heavy atom. The molecular formula is C24H39N5O2. The van der Waals surface area contributed by atoms with Crippen molar-refractivity contribution in [2.24, 2.45) is 4.99 Å². The number of hydrogen-bond donors (Lipinski definition) is 2. The number of ether oxygens (including phenoxy) is 1. The molecule has 7 nitrogen and oxygen atoms in total. The molecule has 0 bridgehead atoms. The number of guanidine groups is 1. The number of amides is 1. The first-order chi connectivity index (χ1) is 15.1. The Bertz CT molecular complexity index is 701. The summed E-state index contributed by atoms with van der Waals surface area (Å²) in [6.45, 7) is 9.48. The minimum absolute atomic E-state index is 0.0450. The van der Waals surface area contributed by atoms with Crippen LogP contribution >= 0.6 is 0 Å². The van der Waals surface area contributed by atoms with Crippen LogP contribution in [0.3, 0.4) is 0 Å². The molecule has 1 fully saturated rings. The molecule has 1 amide bonds. The van der Waals surface area contributed by atoms with E-state index >= 15 is 0 Å². The molecule has 7 heteroatoms. The van der Waals surface area contributed by atoms with E-state index in [1.807, 2.05) is 31.3 Å². The Labute approximate surface area is 187 Å². The smallest absolute Gasteiger partial charge is 0.225 e. The van der Waals surface area contributed by atoms with Crippen LogP contribution in [0, 0.1) is 0 Å². The molecule has 0 saturated carbocycles. The molecule has 1 aromatic carbocycles. The predicted molar refractivity (Wildman–Crippen MR) is 128 cm³/mol. The standard InChI is InChI=1S/C24H39N5O2/c1-4-5-6-7-8-13-28(3)24(25-2)26-20-21-10-9-11-22(19-21)27-23(30)12-14-29-15-17-31-18-16-29/h4,9-11,19H,1,5-8,12-18,20H2,2-3H3,(H,25,26)(H,27,30). The summed E-state index contributed by atoms with van der Waals surface area (Å²) in [5.74, 6) is 0.923. The quantitative estimate of drug-likeness (QED) is 0.231. The molecule has 0 spiro atoms. The lowest BCUT2D eigenvalue weighted by Gasteiger charge is -2.26. The maximum absolute atomic E-state index is 12.3. The van der Waals surface area contributed by atoms with Crippen molar-refractivity contribution in [1.29, 1.82) is 0 Å². The average molecular weight is 430 g/mol. The number of unbranched alkanes of at least 4 members (excludes halogenated alkanes) is 3. The zero-order chi connectivity index (χ0) is 22.3. The van der Waals surface area contributed by atoms with Gasteiger partial charge in [-0.05, 0) is 37.0 Å². The van der Waals surface area contributed by atoms with Crippen LogP contribution in [0.5, 0.6) is 0 Å². The monoisotopic (exact) mass is 429 g/mol. The van der Waals surface area contributed by atoms with E-state index in [9.17, 15) is 4.79 Å². The molecule has 0 aromatic heterocycles. The molecule has 2 rings (SSSR count). The van der Waals surface area contributed by atoms with Gasteiger partial charge in [0.05, 0.1) is 13.2 Å². The van der Waals surface area contributed by atoms with Gasteiger partial charge in [-0.2, -0.15) is 0 Å². The molecule has 1 aliphatic heterocycles. The van der Waals surface area contributed by atoms with Gasteiger partial charge in [0.1, 0.15) is 0 Å². The Hall–Kier alpha value is -2.38. The number of anilines is 1. The van der Waals surface area contributed by atoms with E-state index in [1.54, 1.807) is 0 Å². The molecule has 2 N–H and O–H groups in total. The van der Waals surface area contributed by atoms with Crippen molar-refractivity contribution in [3.63, 3.8) is 0 Å². The number of hydrogen-bond acceptors (Lipinski definition) is 4. The lowest BCUT2D eigenvalue weighted by molar-refractivity contribution is -0.116. The van der Waals surface area contributed by atoms with Gasteiger partial charge in [-0.15, -0.1) is 6.58 Å². The molecule has 172 valence electrons. The van der Waals surface area contributed by atoms with E-state index in [2.05, 4.69) is 45.1 Å². The van der Waals surface area contributed by atoms with Gasteiger partial charge in [-0.3, -0.25) is 14.7 Å². The van der Waals surface area contributed by atoms with Gasteiger partial charge >= 0.3 is 0 Å². The lowest BCUT2D eigenvalue weighted by Crippen LogP contribution is -2.39. The summed E-state index contributed by atoms with van der Waals surface area (Å²) in [6.07, 6.45) is 7.07. The van der Waals surface area contributed by atoms with E-state index < -0.39 is 0 Å². The fourth-order valence-electron chi connectivity index (χ4n) is 3.55. The maximum Gasteiger partial charge on any atom is 0.225 e. The third kappa shape index (κ3) is 9.98. The minimum Gasteiger partial charge on any atom is -0.379 e. The summed E-state index contributed by atoms with van der Waals surface area (Å²) in [5.41, 5.74) is 1.93. The van der Waals surface area contributed by atoms with Gasteiger partial charge in [0, 0.05) is 58.9 Å². The summed E-state index contributed by atoms with van der Waals surface area (Å²) < 4.78 is 5.35. The molecule has 0 atom stereocenters. The average Bonchev–Trinajstić information content (AvgIpc) is 2.79. The van der Waals surface area contributed by atoms with Crippen molar-refractivity contribution in [3.05, 3.63) is 42.5 Å². The lowest BCUT2D eigenvalue weighted by atomic mass is 10.2. The van der Waals surface area contributed by atoms with Gasteiger partial charge in [-0.1, -0.05) is 24.6 Å². The van der Waals surface area contributed by atoms with E-state index in [4.69, 9.17) is 4.74 Å². The summed E-state index contributed by atoms with van der Waals surface area (Å²) in [7, 11) is 3.87. The van der Waals surface area contributed by atoms with Crippen LogP contribution in [0.25, 0.3) is 0 Å². The van der Waals surface area contributed by atoms with Crippen LogP contribution in [0.15, 0.2) is 41.9 Å². The van der Waals surface area contributed by atoms with Crippen molar-refractivity contribution >= 4 is 17.6 Å². The van der Waals surface area contributed by atoms with Crippen molar-refractivity contribution < 1.29 is 9.53 Å². The molecule has 1 saturated heterocycles. The van der Waals surface area contributed by atoms with Crippen molar-refractivity contribution in [2.75, 3.05) is 58.8 Å². The van der Waals surface area contributed by atoms with Crippen LogP contribution in [0.4, 0.5) is 5.69 Å². The highest BCUT2D eigenvalue weighted by Gasteiger charge is 2.12. The van der Waals surface area contributed by atoms with Crippen molar-refractivity contribution in [2.45, 2.75) is 38.6 Å². The second-order valence-corrected chi connectivity index (χ2v) is 7.91.